The van der Waals surface area contributed by atoms with Crippen molar-refractivity contribution in [3.63, 3.8) is 0 Å². The highest BCUT2D eigenvalue weighted by molar-refractivity contribution is 7.47. The summed E-state index contributed by atoms with van der Waals surface area (Å²) in [6.07, 6.45) is 40.0. The molecule has 12 heteroatoms. The van der Waals surface area contributed by atoms with Crippen LogP contribution in [0.4, 0.5) is 0 Å². The van der Waals surface area contributed by atoms with Crippen molar-refractivity contribution in [3.8, 4) is 0 Å². The van der Waals surface area contributed by atoms with Gasteiger partial charge in [0.25, 0.3) is 0 Å². The Kier molecular flexibility index (Phi) is 34.2. The van der Waals surface area contributed by atoms with E-state index in [-0.39, 0.29) is 19.4 Å². The van der Waals surface area contributed by atoms with Crippen molar-refractivity contribution >= 4 is 25.7 Å². The Balaban J connectivity index is 4.53. The molecule has 3 atom stereocenters. The van der Waals surface area contributed by atoms with Gasteiger partial charge in [-0.15, -0.1) is 0 Å². The predicted octanol–water partition coefficient (Wildman–Crippen LogP) is 10.00. The zero-order valence-corrected chi connectivity index (χ0v) is 33.5. The van der Waals surface area contributed by atoms with E-state index < -0.39 is 51.1 Å². The highest BCUT2D eigenvalue weighted by atomic mass is 31.2. The number of carboxylic acids is 1. The molecule has 53 heavy (non-hydrogen) atoms. The van der Waals surface area contributed by atoms with Crippen molar-refractivity contribution in [2.24, 2.45) is 5.73 Å². The molecule has 0 fully saturated rings. The molecular formula is C41H70NO10P. The maximum atomic E-state index is 12.6. The number of hydrogen-bond acceptors (Lipinski definition) is 9. The maximum absolute atomic E-state index is 12.6. The Morgan fingerprint density at radius 1 is 0.585 bits per heavy atom. The van der Waals surface area contributed by atoms with Gasteiger partial charge in [-0.25, -0.2) is 4.57 Å². The monoisotopic (exact) mass is 767 g/mol. The summed E-state index contributed by atoms with van der Waals surface area (Å²) in [6, 6.07) is -1.53. The number of ether oxygens (including phenoxy) is 2. The van der Waals surface area contributed by atoms with Gasteiger partial charge in [0.2, 0.25) is 0 Å². The number of allylic oxidation sites excluding steroid dienone is 10. The van der Waals surface area contributed by atoms with E-state index in [9.17, 15) is 23.8 Å². The lowest BCUT2D eigenvalue weighted by atomic mass is 10.1. The van der Waals surface area contributed by atoms with E-state index in [4.69, 9.17) is 24.8 Å². The van der Waals surface area contributed by atoms with E-state index in [0.29, 0.717) is 12.8 Å². The summed E-state index contributed by atoms with van der Waals surface area (Å²) in [5, 5.41) is 8.86. The van der Waals surface area contributed by atoms with Crippen LogP contribution in [0.1, 0.15) is 149 Å². The number of phosphoric acid groups is 1. The Morgan fingerprint density at radius 2 is 1.02 bits per heavy atom. The van der Waals surface area contributed by atoms with Gasteiger partial charge in [-0.1, -0.05) is 120 Å². The molecule has 0 aromatic carbocycles. The van der Waals surface area contributed by atoms with Gasteiger partial charge >= 0.3 is 25.7 Å². The van der Waals surface area contributed by atoms with Crippen LogP contribution in [0.2, 0.25) is 0 Å². The molecule has 0 saturated carbocycles. The van der Waals surface area contributed by atoms with Crippen LogP contribution in [0.15, 0.2) is 60.8 Å². The molecule has 1 unspecified atom stereocenters. The standard InChI is InChI=1S/C41H70NO10P/c1-3-5-7-9-11-13-15-17-19-21-23-25-27-29-31-33-40(44)52-37(35-50-53(47,48)51-36-38(42)41(45)46)34-49-39(43)32-30-28-26-24-22-20-18-16-14-12-10-8-6-4-2/h10-13,16-19,23,25,37-38H,3-9,14-15,20-22,24,26-36,42H2,1-2H3,(H,45,46)(H,47,48)/b12-10-,13-11-,18-16-,19-17-,25-23-/t37-,38+/m1/s1. The Bertz CT molecular complexity index is 1130. The number of hydrogen-bond donors (Lipinski definition) is 3. The van der Waals surface area contributed by atoms with Crippen LogP contribution in [0.25, 0.3) is 0 Å². The van der Waals surface area contributed by atoms with E-state index in [2.05, 4.69) is 79.1 Å². The number of nitrogens with two attached hydrogens (primary N) is 1. The van der Waals surface area contributed by atoms with Crippen LogP contribution in [0.3, 0.4) is 0 Å². The molecule has 0 amide bonds. The molecule has 0 aromatic rings. The highest BCUT2D eigenvalue weighted by Gasteiger charge is 2.28. The van der Waals surface area contributed by atoms with Gasteiger partial charge in [-0.2, -0.15) is 0 Å². The van der Waals surface area contributed by atoms with E-state index in [1.807, 2.05) is 0 Å². The van der Waals surface area contributed by atoms with E-state index in [1.165, 1.54) is 32.1 Å². The molecule has 0 rings (SSSR count). The third-order valence-corrected chi connectivity index (χ3v) is 8.94. The summed E-state index contributed by atoms with van der Waals surface area (Å²) in [4.78, 5) is 45.8. The second-order valence-corrected chi connectivity index (χ2v) is 14.5. The molecular weight excluding hydrogens is 697 g/mol. The maximum Gasteiger partial charge on any atom is 0.472 e. The predicted molar refractivity (Wildman–Crippen MR) is 212 cm³/mol. The molecule has 0 aliphatic carbocycles. The first-order chi connectivity index (χ1) is 25.6. The van der Waals surface area contributed by atoms with Crippen LogP contribution in [-0.4, -0.2) is 59.9 Å². The first-order valence-corrected chi connectivity index (χ1v) is 21.3. The lowest BCUT2D eigenvalue weighted by molar-refractivity contribution is -0.161. The van der Waals surface area contributed by atoms with Gasteiger partial charge in [-0.05, 0) is 77.0 Å². The summed E-state index contributed by atoms with van der Waals surface area (Å²) in [6.45, 7) is 2.65. The molecule has 0 aliphatic heterocycles. The largest absolute Gasteiger partial charge is 0.480 e. The van der Waals surface area contributed by atoms with Crippen LogP contribution in [-0.2, 0) is 37.5 Å². The minimum absolute atomic E-state index is 0.107. The number of rotatable bonds is 36. The average Bonchev–Trinajstić information content (AvgIpc) is 3.13. The van der Waals surface area contributed by atoms with Crippen LogP contribution >= 0.6 is 7.82 Å². The van der Waals surface area contributed by atoms with Crippen LogP contribution in [0, 0.1) is 0 Å². The Morgan fingerprint density at radius 3 is 1.58 bits per heavy atom. The fraction of sp³-hybridized carbons (Fsp3) is 0.683. The summed E-state index contributed by atoms with van der Waals surface area (Å²) in [7, 11) is -4.73. The zero-order chi connectivity index (χ0) is 39.3. The third kappa shape index (κ3) is 36.0. The summed E-state index contributed by atoms with van der Waals surface area (Å²) < 4.78 is 32.5. The minimum atomic E-state index is -4.73. The average molecular weight is 768 g/mol. The molecule has 0 spiro atoms. The van der Waals surface area contributed by atoms with Crippen molar-refractivity contribution in [1.29, 1.82) is 0 Å². The molecule has 0 bridgehead atoms. The van der Waals surface area contributed by atoms with Gasteiger partial charge < -0.3 is 25.2 Å². The van der Waals surface area contributed by atoms with Crippen molar-refractivity contribution in [3.05, 3.63) is 60.8 Å². The second-order valence-electron chi connectivity index (χ2n) is 13.1. The van der Waals surface area contributed by atoms with Crippen molar-refractivity contribution in [1.82, 2.24) is 0 Å². The van der Waals surface area contributed by atoms with Gasteiger partial charge in [0.1, 0.15) is 12.6 Å². The van der Waals surface area contributed by atoms with Gasteiger partial charge in [0, 0.05) is 12.8 Å². The quantitative estimate of drug-likeness (QED) is 0.0240. The van der Waals surface area contributed by atoms with Crippen molar-refractivity contribution < 1.29 is 47.5 Å². The SMILES string of the molecule is CCCC/C=C\C/C=C\CCCCCCCC(=O)OC[C@H](COP(=O)(O)OC[C@H](N)C(=O)O)OC(=O)CCCC/C=C\C/C=C\C/C=C\CCCCC. The first kappa shape index (κ1) is 50.2. The lowest BCUT2D eigenvalue weighted by Crippen LogP contribution is -2.34. The van der Waals surface area contributed by atoms with Crippen LogP contribution in [0.5, 0.6) is 0 Å². The number of unbranched alkanes of at least 4 members (excludes halogenated alkanes) is 12. The van der Waals surface area contributed by atoms with Crippen LogP contribution < -0.4 is 5.73 Å². The second kappa shape index (κ2) is 36.2. The van der Waals surface area contributed by atoms with Crippen molar-refractivity contribution in [2.45, 2.75) is 161 Å². The molecule has 4 N–H and O–H groups in total. The normalized spacial score (nSPS) is 14.5. The van der Waals surface area contributed by atoms with E-state index in [1.54, 1.807) is 0 Å². The number of carboxylic acid groups (broad SMARTS) is 1. The molecule has 0 radical (unpaired) electrons. The summed E-state index contributed by atoms with van der Waals surface area (Å²) in [5.74, 6) is -2.46. The van der Waals surface area contributed by atoms with E-state index >= 15 is 0 Å². The van der Waals surface area contributed by atoms with Gasteiger partial charge in [0.15, 0.2) is 6.10 Å². The molecule has 11 nitrogen and oxygen atoms in total. The lowest BCUT2D eigenvalue weighted by Gasteiger charge is -2.20. The molecule has 0 aromatic heterocycles. The number of carbonyl (C=O) groups excluding carboxylic acids is 2. The van der Waals surface area contributed by atoms with Gasteiger partial charge in [-0.3, -0.25) is 23.4 Å². The highest BCUT2D eigenvalue weighted by Crippen LogP contribution is 2.43. The molecule has 0 heterocycles. The summed E-state index contributed by atoms with van der Waals surface area (Å²) >= 11 is 0. The van der Waals surface area contributed by atoms with E-state index in [0.717, 1.165) is 77.0 Å². The fourth-order valence-corrected chi connectivity index (χ4v) is 5.57. The molecule has 0 aliphatic rings. The smallest absolute Gasteiger partial charge is 0.472 e. The number of carbonyl (C=O) groups is 3. The fourth-order valence-electron chi connectivity index (χ4n) is 4.79. The topological polar surface area (TPSA) is 172 Å². The van der Waals surface area contributed by atoms with Crippen molar-refractivity contribution in [2.75, 3.05) is 19.8 Å². The van der Waals surface area contributed by atoms with Gasteiger partial charge in [0.05, 0.1) is 13.2 Å². The Labute approximate surface area is 319 Å². The number of phosphoric ester groups is 1. The first-order valence-electron chi connectivity index (χ1n) is 19.8. The Hall–Kier alpha value is -2.82. The molecule has 304 valence electrons. The molecule has 0 saturated heterocycles. The number of aliphatic carboxylic acids is 1. The summed E-state index contributed by atoms with van der Waals surface area (Å²) in [5.41, 5.74) is 5.32. The third-order valence-electron chi connectivity index (χ3n) is 7.99. The number of esters is 2. The minimum Gasteiger partial charge on any atom is -0.480 e. The zero-order valence-electron chi connectivity index (χ0n) is 32.6.